The van der Waals surface area contributed by atoms with Crippen LogP contribution in [0, 0.1) is 0 Å². The van der Waals surface area contributed by atoms with Crippen LogP contribution < -0.4 is 5.32 Å². The number of ether oxygens (including phenoxy) is 1. The highest BCUT2D eigenvalue weighted by atomic mass is 16.5. The molecule has 88 valence electrons. The van der Waals surface area contributed by atoms with E-state index in [1.165, 1.54) is 24.1 Å². The molecule has 2 nitrogen and oxygen atoms in total. The topological polar surface area (TPSA) is 21.3 Å². The fraction of sp³-hybridized carbons (Fsp3) is 0.571. The first-order valence-corrected chi connectivity index (χ1v) is 6.31. The van der Waals surface area contributed by atoms with E-state index in [-0.39, 0.29) is 0 Å². The molecule has 1 N–H and O–H groups in total. The summed E-state index contributed by atoms with van der Waals surface area (Å²) in [6.07, 6.45) is 4.62. The molecule has 0 saturated carbocycles. The van der Waals surface area contributed by atoms with Gasteiger partial charge < -0.3 is 10.1 Å². The minimum Gasteiger partial charge on any atom is -0.382 e. The SMILES string of the molecule is CCc1ccc(NC2CCCOCC2)cc1. The predicted molar refractivity (Wildman–Crippen MR) is 67.9 cm³/mol. The van der Waals surface area contributed by atoms with E-state index in [9.17, 15) is 0 Å². The van der Waals surface area contributed by atoms with Crippen LogP contribution in [0.5, 0.6) is 0 Å². The Balaban J connectivity index is 1.91. The van der Waals surface area contributed by atoms with Crippen molar-refractivity contribution in [1.29, 1.82) is 0 Å². The zero-order valence-electron chi connectivity index (χ0n) is 10.0. The summed E-state index contributed by atoms with van der Waals surface area (Å²) in [6.45, 7) is 4.00. The third-order valence-electron chi connectivity index (χ3n) is 3.18. The molecule has 2 heteroatoms. The Bertz CT molecular complexity index is 299. The number of rotatable bonds is 3. The van der Waals surface area contributed by atoms with Gasteiger partial charge in [0.15, 0.2) is 0 Å². The Kier molecular flexibility index (Phi) is 4.23. The smallest absolute Gasteiger partial charge is 0.0485 e. The Labute approximate surface area is 98.0 Å². The van der Waals surface area contributed by atoms with Crippen molar-refractivity contribution >= 4 is 5.69 Å². The first-order chi connectivity index (χ1) is 7.88. The molecule has 0 bridgehead atoms. The van der Waals surface area contributed by atoms with Crippen molar-refractivity contribution in [3.63, 3.8) is 0 Å². The molecule has 1 fully saturated rings. The minimum atomic E-state index is 0.579. The van der Waals surface area contributed by atoms with E-state index in [4.69, 9.17) is 4.74 Å². The zero-order chi connectivity index (χ0) is 11.2. The van der Waals surface area contributed by atoms with Gasteiger partial charge in [-0.1, -0.05) is 19.1 Å². The van der Waals surface area contributed by atoms with Crippen LogP contribution >= 0.6 is 0 Å². The lowest BCUT2D eigenvalue weighted by Crippen LogP contribution is -2.19. The van der Waals surface area contributed by atoms with Crippen molar-refractivity contribution in [2.45, 2.75) is 38.6 Å². The summed E-state index contributed by atoms with van der Waals surface area (Å²) in [5.41, 5.74) is 2.64. The maximum Gasteiger partial charge on any atom is 0.0485 e. The highest BCUT2D eigenvalue weighted by Crippen LogP contribution is 2.16. The number of anilines is 1. The van der Waals surface area contributed by atoms with Crippen molar-refractivity contribution in [1.82, 2.24) is 0 Å². The molecule has 0 spiro atoms. The van der Waals surface area contributed by atoms with Crippen LogP contribution in [0.15, 0.2) is 24.3 Å². The van der Waals surface area contributed by atoms with Crippen LogP contribution in [0.2, 0.25) is 0 Å². The maximum atomic E-state index is 5.46. The monoisotopic (exact) mass is 219 g/mol. The molecule has 1 unspecified atom stereocenters. The number of hydrogen-bond acceptors (Lipinski definition) is 2. The fourth-order valence-corrected chi connectivity index (χ4v) is 2.12. The molecule has 0 aliphatic carbocycles. The van der Waals surface area contributed by atoms with Gasteiger partial charge in [-0.15, -0.1) is 0 Å². The van der Waals surface area contributed by atoms with Gasteiger partial charge in [0.05, 0.1) is 0 Å². The van der Waals surface area contributed by atoms with Gasteiger partial charge in [0.2, 0.25) is 0 Å². The second kappa shape index (κ2) is 5.90. The van der Waals surface area contributed by atoms with Crippen molar-refractivity contribution in [3.8, 4) is 0 Å². The lowest BCUT2D eigenvalue weighted by Gasteiger charge is -2.17. The number of aryl methyl sites for hydroxylation is 1. The van der Waals surface area contributed by atoms with Crippen LogP contribution in [-0.2, 0) is 11.2 Å². The van der Waals surface area contributed by atoms with E-state index in [0.717, 1.165) is 26.1 Å². The summed E-state index contributed by atoms with van der Waals surface area (Å²) in [6, 6.07) is 9.36. The van der Waals surface area contributed by atoms with Crippen LogP contribution in [-0.4, -0.2) is 19.3 Å². The molecule has 0 radical (unpaired) electrons. The molecule has 0 amide bonds. The standard InChI is InChI=1S/C14H21NO/c1-2-12-5-7-14(8-6-12)15-13-4-3-10-16-11-9-13/h5-8,13,15H,2-4,9-11H2,1H3. The molecular formula is C14H21NO. The van der Waals surface area contributed by atoms with Crippen molar-refractivity contribution in [2.75, 3.05) is 18.5 Å². The third-order valence-corrected chi connectivity index (χ3v) is 3.18. The van der Waals surface area contributed by atoms with Gasteiger partial charge in [0.1, 0.15) is 0 Å². The maximum absolute atomic E-state index is 5.46. The number of nitrogens with one attached hydrogen (secondary N) is 1. The zero-order valence-corrected chi connectivity index (χ0v) is 10.0. The molecular weight excluding hydrogens is 198 g/mol. The first-order valence-electron chi connectivity index (χ1n) is 6.31. The van der Waals surface area contributed by atoms with Crippen LogP contribution in [0.1, 0.15) is 31.7 Å². The van der Waals surface area contributed by atoms with E-state index in [1.54, 1.807) is 0 Å². The molecule has 1 aliphatic heterocycles. The van der Waals surface area contributed by atoms with Gasteiger partial charge in [-0.05, 0) is 43.4 Å². The highest BCUT2D eigenvalue weighted by Gasteiger charge is 2.11. The minimum absolute atomic E-state index is 0.579. The molecule has 1 aromatic rings. The molecule has 1 saturated heterocycles. The Morgan fingerprint density at radius 3 is 2.75 bits per heavy atom. The summed E-state index contributed by atoms with van der Waals surface area (Å²) >= 11 is 0. The largest absolute Gasteiger partial charge is 0.382 e. The first kappa shape index (κ1) is 11.5. The van der Waals surface area contributed by atoms with Gasteiger partial charge in [0.25, 0.3) is 0 Å². The summed E-state index contributed by atoms with van der Waals surface area (Å²) in [5, 5.41) is 3.59. The van der Waals surface area contributed by atoms with Crippen molar-refractivity contribution < 1.29 is 4.74 Å². The lowest BCUT2D eigenvalue weighted by molar-refractivity contribution is 0.144. The molecule has 1 heterocycles. The average Bonchev–Trinajstić information content (AvgIpc) is 2.59. The molecule has 16 heavy (non-hydrogen) atoms. The van der Waals surface area contributed by atoms with Crippen molar-refractivity contribution in [3.05, 3.63) is 29.8 Å². The van der Waals surface area contributed by atoms with E-state index in [0.29, 0.717) is 6.04 Å². The highest BCUT2D eigenvalue weighted by molar-refractivity contribution is 5.45. The Hall–Kier alpha value is -1.02. The molecule has 1 aliphatic rings. The van der Waals surface area contributed by atoms with Gasteiger partial charge in [0, 0.05) is 24.9 Å². The molecule has 0 aromatic heterocycles. The number of benzene rings is 1. The van der Waals surface area contributed by atoms with E-state index in [2.05, 4.69) is 36.5 Å². The second-order valence-corrected chi connectivity index (χ2v) is 4.44. The van der Waals surface area contributed by atoms with Gasteiger partial charge in [-0.25, -0.2) is 0 Å². The van der Waals surface area contributed by atoms with E-state index in [1.807, 2.05) is 0 Å². The van der Waals surface area contributed by atoms with Gasteiger partial charge in [-0.3, -0.25) is 0 Å². The Morgan fingerprint density at radius 2 is 2.00 bits per heavy atom. The van der Waals surface area contributed by atoms with E-state index >= 15 is 0 Å². The molecule has 2 rings (SSSR count). The summed E-state index contributed by atoms with van der Waals surface area (Å²) in [7, 11) is 0. The van der Waals surface area contributed by atoms with Gasteiger partial charge >= 0.3 is 0 Å². The lowest BCUT2D eigenvalue weighted by atomic mass is 10.1. The van der Waals surface area contributed by atoms with E-state index < -0.39 is 0 Å². The molecule has 1 atom stereocenters. The van der Waals surface area contributed by atoms with Crippen LogP contribution in [0.25, 0.3) is 0 Å². The number of hydrogen-bond donors (Lipinski definition) is 1. The second-order valence-electron chi connectivity index (χ2n) is 4.44. The fourth-order valence-electron chi connectivity index (χ4n) is 2.12. The van der Waals surface area contributed by atoms with Crippen LogP contribution in [0.4, 0.5) is 5.69 Å². The third kappa shape index (κ3) is 3.24. The normalized spacial score (nSPS) is 21.4. The van der Waals surface area contributed by atoms with Crippen LogP contribution in [0.3, 0.4) is 0 Å². The summed E-state index contributed by atoms with van der Waals surface area (Å²) < 4.78 is 5.46. The average molecular weight is 219 g/mol. The predicted octanol–water partition coefficient (Wildman–Crippen LogP) is 3.23. The summed E-state index contributed by atoms with van der Waals surface area (Å²) in [5.74, 6) is 0. The van der Waals surface area contributed by atoms with Crippen molar-refractivity contribution in [2.24, 2.45) is 0 Å². The molecule has 1 aromatic carbocycles. The Morgan fingerprint density at radius 1 is 1.19 bits per heavy atom. The van der Waals surface area contributed by atoms with Gasteiger partial charge in [-0.2, -0.15) is 0 Å². The quantitative estimate of drug-likeness (QED) is 0.842. The summed E-state index contributed by atoms with van der Waals surface area (Å²) in [4.78, 5) is 0.